The number of halogens is 1. The summed E-state index contributed by atoms with van der Waals surface area (Å²) >= 11 is 5.73. The van der Waals surface area contributed by atoms with Gasteiger partial charge in [0.15, 0.2) is 0 Å². The number of carbonyl (C=O) groups is 1. The van der Waals surface area contributed by atoms with Crippen LogP contribution in [-0.2, 0) is 15.0 Å². The van der Waals surface area contributed by atoms with Gasteiger partial charge in [-0.1, -0.05) is 11.6 Å². The Morgan fingerprint density at radius 2 is 1.80 bits per heavy atom. The summed E-state index contributed by atoms with van der Waals surface area (Å²) in [7, 11) is -3.65. The van der Waals surface area contributed by atoms with Gasteiger partial charge in [-0.05, 0) is 37.1 Å². The zero-order chi connectivity index (χ0) is 14.8. The molecule has 1 aliphatic heterocycles. The summed E-state index contributed by atoms with van der Waals surface area (Å²) in [5, 5.41) is 9.42. The van der Waals surface area contributed by atoms with Crippen molar-refractivity contribution in [2.75, 3.05) is 17.8 Å². The van der Waals surface area contributed by atoms with Gasteiger partial charge in [0.05, 0.1) is 5.92 Å². The van der Waals surface area contributed by atoms with E-state index >= 15 is 0 Å². The van der Waals surface area contributed by atoms with E-state index in [4.69, 9.17) is 16.7 Å². The van der Waals surface area contributed by atoms with Crippen molar-refractivity contribution in [3.05, 3.63) is 29.3 Å². The van der Waals surface area contributed by atoms with Crippen molar-refractivity contribution in [3.63, 3.8) is 0 Å². The van der Waals surface area contributed by atoms with Crippen molar-refractivity contribution in [2.45, 2.75) is 12.8 Å². The minimum Gasteiger partial charge on any atom is -0.481 e. The Morgan fingerprint density at radius 3 is 2.30 bits per heavy atom. The number of anilines is 1. The summed E-state index contributed by atoms with van der Waals surface area (Å²) in [5.74, 6) is -1.33. The Bertz CT molecular complexity index is 580. The van der Waals surface area contributed by atoms with Gasteiger partial charge in [0.2, 0.25) is 0 Å². The van der Waals surface area contributed by atoms with Gasteiger partial charge < -0.3 is 5.11 Å². The Balaban J connectivity index is 2.01. The van der Waals surface area contributed by atoms with Crippen LogP contribution >= 0.6 is 11.6 Å². The first kappa shape index (κ1) is 15.1. The number of benzene rings is 1. The van der Waals surface area contributed by atoms with E-state index in [1.807, 2.05) is 0 Å². The molecular weight excluding hydrogens is 304 g/mol. The minimum atomic E-state index is -3.65. The third kappa shape index (κ3) is 3.62. The number of aliphatic carboxylic acids is 1. The number of hydrogen-bond acceptors (Lipinski definition) is 3. The van der Waals surface area contributed by atoms with Crippen molar-refractivity contribution in [1.82, 2.24) is 4.31 Å². The maximum Gasteiger partial charge on any atom is 0.306 e. The fourth-order valence-electron chi connectivity index (χ4n) is 2.07. The van der Waals surface area contributed by atoms with Crippen LogP contribution in [0.3, 0.4) is 0 Å². The summed E-state index contributed by atoms with van der Waals surface area (Å²) in [6.45, 7) is 0.416. The van der Waals surface area contributed by atoms with Crippen LogP contribution in [-0.4, -0.2) is 36.9 Å². The summed E-state index contributed by atoms with van der Waals surface area (Å²) in [6.07, 6.45) is 0.660. The van der Waals surface area contributed by atoms with Crippen molar-refractivity contribution in [3.8, 4) is 0 Å². The molecule has 2 N–H and O–H groups in total. The van der Waals surface area contributed by atoms with Gasteiger partial charge in [-0.3, -0.25) is 9.52 Å². The molecule has 0 radical (unpaired) electrons. The summed E-state index contributed by atoms with van der Waals surface area (Å²) < 4.78 is 28.0. The first-order chi connectivity index (χ1) is 9.38. The fourth-order valence-corrected chi connectivity index (χ4v) is 3.46. The van der Waals surface area contributed by atoms with E-state index in [0.717, 1.165) is 0 Å². The maximum absolute atomic E-state index is 12.2. The predicted molar refractivity (Wildman–Crippen MR) is 75.9 cm³/mol. The van der Waals surface area contributed by atoms with Gasteiger partial charge in [0, 0.05) is 23.8 Å². The van der Waals surface area contributed by atoms with Crippen LogP contribution in [0.2, 0.25) is 5.02 Å². The number of rotatable bonds is 4. The molecule has 1 heterocycles. The second-order valence-electron chi connectivity index (χ2n) is 4.63. The molecule has 110 valence electrons. The van der Waals surface area contributed by atoms with E-state index < -0.39 is 22.1 Å². The standard InChI is InChI=1S/C12H15ClN2O4S/c13-10-1-3-11(4-2-10)14-20(18,19)15-7-5-9(6-8-15)12(16)17/h1-4,9,14H,5-8H2,(H,16,17). The summed E-state index contributed by atoms with van der Waals surface area (Å²) in [6, 6.07) is 6.33. The second-order valence-corrected chi connectivity index (χ2v) is 6.73. The number of carboxylic acid groups (broad SMARTS) is 1. The number of carboxylic acids is 1. The Hall–Kier alpha value is -1.31. The highest BCUT2D eigenvalue weighted by atomic mass is 35.5. The smallest absolute Gasteiger partial charge is 0.306 e. The minimum absolute atomic E-state index is 0.208. The lowest BCUT2D eigenvalue weighted by molar-refractivity contribution is -0.142. The molecule has 1 aromatic carbocycles. The quantitative estimate of drug-likeness (QED) is 0.886. The molecule has 0 aliphatic carbocycles. The largest absolute Gasteiger partial charge is 0.481 e. The van der Waals surface area contributed by atoms with Gasteiger partial charge in [-0.25, -0.2) is 0 Å². The molecule has 2 rings (SSSR count). The molecule has 1 aliphatic rings. The number of nitrogens with one attached hydrogen (secondary N) is 1. The molecule has 0 aromatic heterocycles. The van der Waals surface area contributed by atoms with Crippen LogP contribution in [0, 0.1) is 5.92 Å². The van der Waals surface area contributed by atoms with E-state index in [9.17, 15) is 13.2 Å². The molecule has 0 saturated carbocycles. The maximum atomic E-state index is 12.2. The van der Waals surface area contributed by atoms with Gasteiger partial charge >= 0.3 is 16.2 Å². The lowest BCUT2D eigenvalue weighted by Crippen LogP contribution is -2.42. The predicted octanol–water partition coefficient (Wildman–Crippen LogP) is 1.79. The summed E-state index contributed by atoms with van der Waals surface area (Å²) in [4.78, 5) is 10.8. The number of nitrogens with zero attached hydrogens (tertiary/aromatic N) is 1. The van der Waals surface area contributed by atoms with E-state index in [0.29, 0.717) is 23.6 Å². The van der Waals surface area contributed by atoms with Gasteiger partial charge in [0.25, 0.3) is 0 Å². The van der Waals surface area contributed by atoms with Crippen LogP contribution in [0.1, 0.15) is 12.8 Å². The monoisotopic (exact) mass is 318 g/mol. The zero-order valence-corrected chi connectivity index (χ0v) is 12.2. The van der Waals surface area contributed by atoms with E-state index in [2.05, 4.69) is 4.72 Å². The Morgan fingerprint density at radius 1 is 1.25 bits per heavy atom. The lowest BCUT2D eigenvalue weighted by atomic mass is 9.99. The first-order valence-electron chi connectivity index (χ1n) is 6.15. The highest BCUT2D eigenvalue weighted by molar-refractivity contribution is 7.90. The SMILES string of the molecule is O=C(O)C1CCN(S(=O)(=O)Nc2ccc(Cl)cc2)CC1. The first-order valence-corrected chi connectivity index (χ1v) is 7.96. The molecule has 8 heteroatoms. The molecule has 0 amide bonds. The van der Waals surface area contributed by atoms with Crippen molar-refractivity contribution >= 4 is 33.5 Å². The zero-order valence-electron chi connectivity index (χ0n) is 10.6. The molecule has 0 bridgehead atoms. The fraction of sp³-hybridized carbons (Fsp3) is 0.417. The molecule has 0 unspecified atom stereocenters. The third-order valence-corrected chi connectivity index (χ3v) is 5.02. The average molecular weight is 319 g/mol. The van der Waals surface area contributed by atoms with Gasteiger partial charge in [-0.15, -0.1) is 0 Å². The van der Waals surface area contributed by atoms with Crippen LogP contribution in [0.4, 0.5) is 5.69 Å². The molecule has 0 atom stereocenters. The van der Waals surface area contributed by atoms with Crippen molar-refractivity contribution < 1.29 is 18.3 Å². The van der Waals surface area contributed by atoms with Crippen LogP contribution in [0.15, 0.2) is 24.3 Å². The second kappa shape index (κ2) is 5.99. The van der Waals surface area contributed by atoms with Crippen molar-refractivity contribution in [2.24, 2.45) is 5.92 Å². The number of piperidine rings is 1. The molecule has 1 fully saturated rings. The number of hydrogen-bond donors (Lipinski definition) is 2. The van der Waals surface area contributed by atoms with E-state index in [-0.39, 0.29) is 13.1 Å². The molecular formula is C12H15ClN2O4S. The highest BCUT2D eigenvalue weighted by Crippen LogP contribution is 2.21. The molecule has 1 aromatic rings. The molecule has 6 nitrogen and oxygen atoms in total. The molecule has 1 saturated heterocycles. The molecule has 20 heavy (non-hydrogen) atoms. The highest BCUT2D eigenvalue weighted by Gasteiger charge is 2.30. The average Bonchev–Trinajstić information content (AvgIpc) is 2.41. The van der Waals surface area contributed by atoms with Crippen LogP contribution in [0.5, 0.6) is 0 Å². The van der Waals surface area contributed by atoms with Gasteiger partial charge in [0.1, 0.15) is 0 Å². The topological polar surface area (TPSA) is 86.7 Å². The third-order valence-electron chi connectivity index (χ3n) is 3.23. The van der Waals surface area contributed by atoms with Crippen LogP contribution < -0.4 is 4.72 Å². The normalized spacial score (nSPS) is 17.9. The van der Waals surface area contributed by atoms with E-state index in [1.165, 1.54) is 4.31 Å². The van der Waals surface area contributed by atoms with Gasteiger partial charge in [-0.2, -0.15) is 12.7 Å². The summed E-state index contributed by atoms with van der Waals surface area (Å²) in [5.41, 5.74) is 0.426. The Labute approximate surface area is 122 Å². The van der Waals surface area contributed by atoms with E-state index in [1.54, 1.807) is 24.3 Å². The molecule has 0 spiro atoms. The Kier molecular flexibility index (Phi) is 4.52. The van der Waals surface area contributed by atoms with Crippen LogP contribution in [0.25, 0.3) is 0 Å². The van der Waals surface area contributed by atoms with Crippen molar-refractivity contribution in [1.29, 1.82) is 0 Å². The lowest BCUT2D eigenvalue weighted by Gasteiger charge is -2.29.